The molecule has 7 nitrogen and oxygen atoms in total. The minimum Gasteiger partial charge on any atom is -0.355 e. The number of pyridine rings is 2. The van der Waals surface area contributed by atoms with E-state index in [1.807, 2.05) is 18.3 Å². The molecule has 2 saturated heterocycles. The fourth-order valence-corrected chi connectivity index (χ4v) is 4.94. The summed E-state index contributed by atoms with van der Waals surface area (Å²) in [4.78, 5) is 29.4. The Morgan fingerprint density at radius 3 is 2.52 bits per heavy atom. The molecule has 31 heavy (non-hydrogen) atoms. The average molecular weight is 419 g/mol. The highest BCUT2D eigenvalue weighted by atomic mass is 16.1. The first kappa shape index (κ1) is 20.2. The number of fused-ring (bicyclic) bond motifs is 1. The Bertz CT molecular complexity index is 1100. The number of imidazole rings is 1. The maximum atomic E-state index is 12.7. The molecule has 0 radical (unpaired) electrons. The summed E-state index contributed by atoms with van der Waals surface area (Å²) in [6, 6.07) is 10.2. The number of anilines is 1. The molecule has 2 unspecified atom stereocenters. The van der Waals surface area contributed by atoms with Gasteiger partial charge < -0.3 is 9.80 Å². The van der Waals surface area contributed by atoms with Gasteiger partial charge in [-0.1, -0.05) is 12.1 Å². The van der Waals surface area contributed by atoms with Gasteiger partial charge in [-0.15, -0.1) is 0 Å². The Morgan fingerprint density at radius 2 is 1.74 bits per heavy atom. The highest BCUT2D eigenvalue weighted by Crippen LogP contribution is 2.39. The number of piperidine rings is 1. The highest BCUT2D eigenvalue weighted by molar-refractivity contribution is 5.81. The van der Waals surface area contributed by atoms with E-state index in [2.05, 4.69) is 69.5 Å². The van der Waals surface area contributed by atoms with Crippen LogP contribution in [0.25, 0.3) is 5.65 Å². The third kappa shape index (κ3) is 3.72. The lowest BCUT2D eigenvalue weighted by Crippen LogP contribution is -2.45. The van der Waals surface area contributed by atoms with Crippen molar-refractivity contribution in [3.8, 4) is 0 Å². The van der Waals surface area contributed by atoms with Crippen molar-refractivity contribution < 1.29 is 4.79 Å². The number of Topliss-reactive ketones (excluding diaryl/α,β-unsaturated/α-hetero) is 1. The van der Waals surface area contributed by atoms with E-state index in [0.717, 1.165) is 48.8 Å². The first-order valence-corrected chi connectivity index (χ1v) is 11.1. The third-order valence-electron chi connectivity index (χ3n) is 6.85. The molecule has 2 aliphatic heterocycles. The molecule has 2 atom stereocenters. The molecule has 0 N–H and O–H groups in total. The summed E-state index contributed by atoms with van der Waals surface area (Å²) in [7, 11) is 4.27. The van der Waals surface area contributed by atoms with Gasteiger partial charge in [-0.3, -0.25) is 19.1 Å². The number of aryl methyl sites for hydroxylation is 1. The Hall–Kier alpha value is -2.77. The lowest BCUT2D eigenvalue weighted by molar-refractivity contribution is -0.125. The number of likely N-dealkylation sites (tertiary alicyclic amines) is 1. The number of ketones is 1. The predicted molar refractivity (Wildman–Crippen MR) is 121 cm³/mol. The summed E-state index contributed by atoms with van der Waals surface area (Å²) in [5.74, 6) is 1.45. The molecular weight excluding hydrogens is 388 g/mol. The summed E-state index contributed by atoms with van der Waals surface area (Å²) < 4.78 is 2.19. The zero-order valence-corrected chi connectivity index (χ0v) is 18.5. The fraction of sp³-hybridized carbons (Fsp3) is 0.458. The number of carbonyl (C=O) groups excluding carboxylic acids is 1. The smallest absolute Gasteiger partial charge is 0.138 e. The van der Waals surface area contributed by atoms with Gasteiger partial charge >= 0.3 is 0 Å². The maximum absolute atomic E-state index is 12.7. The van der Waals surface area contributed by atoms with E-state index in [0.29, 0.717) is 12.8 Å². The van der Waals surface area contributed by atoms with E-state index in [9.17, 15) is 4.79 Å². The monoisotopic (exact) mass is 418 g/mol. The van der Waals surface area contributed by atoms with Crippen LogP contribution in [0.5, 0.6) is 0 Å². The largest absolute Gasteiger partial charge is 0.355 e. The predicted octanol–water partition coefficient (Wildman–Crippen LogP) is 2.87. The second-order valence-corrected chi connectivity index (χ2v) is 8.92. The van der Waals surface area contributed by atoms with Crippen LogP contribution in [0.4, 0.5) is 5.82 Å². The lowest BCUT2D eigenvalue weighted by atomic mass is 9.90. The second-order valence-electron chi connectivity index (χ2n) is 8.92. The highest BCUT2D eigenvalue weighted by Gasteiger charge is 2.36. The summed E-state index contributed by atoms with van der Waals surface area (Å²) in [5.41, 5.74) is 4.00. The molecule has 7 heteroatoms. The zero-order chi connectivity index (χ0) is 21.5. The van der Waals surface area contributed by atoms with Crippen LogP contribution in [0.3, 0.4) is 0 Å². The normalized spacial score (nSPS) is 23.6. The molecule has 3 aromatic heterocycles. The molecule has 5 rings (SSSR count). The van der Waals surface area contributed by atoms with Crippen LogP contribution in [-0.4, -0.2) is 70.2 Å². The van der Waals surface area contributed by atoms with Gasteiger partial charge in [-0.2, -0.15) is 0 Å². The van der Waals surface area contributed by atoms with Gasteiger partial charge in [0, 0.05) is 51.4 Å². The van der Waals surface area contributed by atoms with Crippen molar-refractivity contribution >= 4 is 17.2 Å². The van der Waals surface area contributed by atoms with Crippen LogP contribution in [0.2, 0.25) is 0 Å². The minimum atomic E-state index is -0.0482. The summed E-state index contributed by atoms with van der Waals surface area (Å²) in [5, 5.41) is 0. The van der Waals surface area contributed by atoms with Crippen LogP contribution >= 0.6 is 0 Å². The first-order valence-electron chi connectivity index (χ1n) is 11.1. The SMILES string of the molecule is Cc1cccnc1C1CC(=O)CC(c2cn3c(N4CCN(C)CC4)cccc3n2)N1C. The molecule has 0 saturated carbocycles. The molecule has 2 fully saturated rings. The van der Waals surface area contributed by atoms with Gasteiger partial charge in [0.1, 0.15) is 17.2 Å². The topological polar surface area (TPSA) is 57.0 Å². The molecule has 5 heterocycles. The number of hydrogen-bond donors (Lipinski definition) is 0. The van der Waals surface area contributed by atoms with Crippen LogP contribution in [-0.2, 0) is 4.79 Å². The number of nitrogens with zero attached hydrogens (tertiary/aromatic N) is 6. The van der Waals surface area contributed by atoms with Crippen LogP contribution in [0.1, 0.15) is 41.9 Å². The van der Waals surface area contributed by atoms with E-state index in [-0.39, 0.29) is 17.9 Å². The van der Waals surface area contributed by atoms with E-state index < -0.39 is 0 Å². The van der Waals surface area contributed by atoms with E-state index >= 15 is 0 Å². The Kier molecular flexibility index (Phi) is 5.24. The van der Waals surface area contributed by atoms with Gasteiger partial charge in [0.25, 0.3) is 0 Å². The Morgan fingerprint density at radius 1 is 0.968 bits per heavy atom. The molecule has 3 aromatic rings. The Labute approximate surface area is 183 Å². The molecule has 2 aliphatic rings. The molecule has 0 spiro atoms. The van der Waals surface area contributed by atoms with Crippen molar-refractivity contribution in [3.63, 3.8) is 0 Å². The molecule has 0 bridgehead atoms. The summed E-state index contributed by atoms with van der Waals surface area (Å²) >= 11 is 0. The van der Waals surface area contributed by atoms with E-state index in [4.69, 9.17) is 4.98 Å². The van der Waals surface area contributed by atoms with Crippen LogP contribution < -0.4 is 4.90 Å². The van der Waals surface area contributed by atoms with Gasteiger partial charge in [0.15, 0.2) is 0 Å². The van der Waals surface area contributed by atoms with Crippen LogP contribution in [0.15, 0.2) is 42.7 Å². The summed E-state index contributed by atoms with van der Waals surface area (Å²) in [6.07, 6.45) is 4.94. The van der Waals surface area contributed by atoms with Gasteiger partial charge in [-0.25, -0.2) is 4.98 Å². The van der Waals surface area contributed by atoms with Crippen molar-refractivity contribution in [2.75, 3.05) is 45.2 Å². The van der Waals surface area contributed by atoms with Crippen molar-refractivity contribution in [1.82, 2.24) is 24.2 Å². The third-order valence-corrected chi connectivity index (χ3v) is 6.85. The van der Waals surface area contributed by atoms with Crippen LogP contribution in [0, 0.1) is 6.92 Å². The maximum Gasteiger partial charge on any atom is 0.138 e. The molecule has 162 valence electrons. The molecule has 0 amide bonds. The fourth-order valence-electron chi connectivity index (χ4n) is 4.94. The van der Waals surface area contributed by atoms with Crippen molar-refractivity contribution in [1.29, 1.82) is 0 Å². The zero-order valence-electron chi connectivity index (χ0n) is 18.5. The van der Waals surface area contributed by atoms with Crippen molar-refractivity contribution in [2.45, 2.75) is 31.8 Å². The molecular formula is C24H30N6O. The molecule has 0 aliphatic carbocycles. The minimum absolute atomic E-state index is 0.0191. The van der Waals surface area contributed by atoms with Gasteiger partial charge in [-0.05, 0) is 44.8 Å². The number of piperazine rings is 1. The first-order chi connectivity index (χ1) is 15.0. The number of rotatable bonds is 3. The van der Waals surface area contributed by atoms with Crippen molar-refractivity contribution in [3.05, 3.63) is 59.7 Å². The van der Waals surface area contributed by atoms with E-state index in [1.54, 1.807) is 0 Å². The molecule has 0 aromatic carbocycles. The average Bonchev–Trinajstić information content (AvgIpc) is 3.20. The number of likely N-dealkylation sites (N-methyl/N-ethyl adjacent to an activating group) is 1. The second kappa shape index (κ2) is 8.05. The lowest BCUT2D eigenvalue weighted by Gasteiger charge is -2.38. The summed E-state index contributed by atoms with van der Waals surface area (Å²) in [6.45, 7) is 6.20. The van der Waals surface area contributed by atoms with Gasteiger partial charge in [0.05, 0.1) is 23.5 Å². The van der Waals surface area contributed by atoms with Crippen molar-refractivity contribution in [2.24, 2.45) is 0 Å². The number of carbonyl (C=O) groups is 1. The quantitative estimate of drug-likeness (QED) is 0.652. The van der Waals surface area contributed by atoms with Gasteiger partial charge in [0.2, 0.25) is 0 Å². The Balaban J connectivity index is 1.49. The number of aromatic nitrogens is 3. The standard InChI is InChI=1S/C24H30N6O/c1-17-6-5-9-25-24(17)21-15-18(31)14-20(28(21)3)19-16-30-22(26-19)7-4-8-23(30)29-12-10-27(2)11-13-29/h4-9,16,20-21H,10-15H2,1-3H3. The van der Waals surface area contributed by atoms with E-state index in [1.165, 1.54) is 5.82 Å². The number of hydrogen-bond acceptors (Lipinski definition) is 6.